The summed E-state index contributed by atoms with van der Waals surface area (Å²) in [4.78, 5) is 9.82. The lowest BCUT2D eigenvalue weighted by Gasteiger charge is -2.24. The zero-order chi connectivity index (χ0) is 32.8. The first-order chi connectivity index (χ1) is 24.8. The Bertz CT molecular complexity index is 2690. The highest BCUT2D eigenvalue weighted by molar-refractivity contribution is 6.10. The second kappa shape index (κ2) is 10.4. The average molecular weight is 637 g/mol. The van der Waals surface area contributed by atoms with Crippen LogP contribution in [0.15, 0.2) is 170 Å². The Kier molecular flexibility index (Phi) is 5.63. The van der Waals surface area contributed by atoms with Gasteiger partial charge in [0.1, 0.15) is 11.3 Å². The summed E-state index contributed by atoms with van der Waals surface area (Å²) < 4.78 is 4.62. The molecule has 0 saturated heterocycles. The summed E-state index contributed by atoms with van der Waals surface area (Å²) in [5, 5.41) is 4.69. The Hall–Kier alpha value is -6.78. The Morgan fingerprint density at radius 2 is 0.660 bits per heavy atom. The lowest BCUT2D eigenvalue weighted by atomic mass is 9.80. The van der Waals surface area contributed by atoms with Gasteiger partial charge >= 0.3 is 0 Å². The van der Waals surface area contributed by atoms with Crippen LogP contribution in [-0.4, -0.2) is 19.1 Å². The third kappa shape index (κ3) is 3.76. The van der Waals surface area contributed by atoms with E-state index in [-0.39, 0.29) is 0 Å². The second-order valence-corrected chi connectivity index (χ2v) is 13.0. The van der Waals surface area contributed by atoms with Gasteiger partial charge in [-0.05, 0) is 105 Å². The fraction of sp³-hybridized carbons (Fsp3) is 0. The summed E-state index contributed by atoms with van der Waals surface area (Å²) in [7, 11) is 0. The van der Waals surface area contributed by atoms with E-state index in [9.17, 15) is 0 Å². The van der Waals surface area contributed by atoms with E-state index in [1.54, 1.807) is 0 Å². The smallest absolute Gasteiger partial charge is 0.145 e. The molecule has 1 aliphatic rings. The SMILES string of the molecule is c1ccc2c(c1)-c1ccccc1-c1ccc(-n3c4ccccc4c4cccnc43)cc1-c1cc(-n3c4ccccc4c4cccnc43)ccc1-2. The molecule has 0 radical (unpaired) electrons. The quantitative estimate of drug-likeness (QED) is 0.189. The molecule has 50 heavy (non-hydrogen) atoms. The van der Waals surface area contributed by atoms with Crippen molar-refractivity contribution < 1.29 is 0 Å². The van der Waals surface area contributed by atoms with Gasteiger partial charge in [0.05, 0.1) is 11.0 Å². The van der Waals surface area contributed by atoms with Gasteiger partial charge in [-0.1, -0.05) is 97.1 Å². The molecule has 0 bridgehead atoms. The topological polar surface area (TPSA) is 35.6 Å². The fourth-order valence-corrected chi connectivity index (χ4v) is 8.28. The van der Waals surface area contributed by atoms with Gasteiger partial charge in [-0.25, -0.2) is 9.97 Å². The predicted octanol–water partition coefficient (Wildman–Crippen LogP) is 11.7. The molecule has 10 aromatic rings. The Balaban J connectivity index is 1.26. The van der Waals surface area contributed by atoms with E-state index in [1.165, 1.54) is 55.3 Å². The van der Waals surface area contributed by atoms with Gasteiger partial charge in [0.2, 0.25) is 0 Å². The van der Waals surface area contributed by atoms with Crippen LogP contribution in [0, 0.1) is 0 Å². The number of hydrogen-bond acceptors (Lipinski definition) is 2. The number of para-hydroxylation sites is 2. The largest absolute Gasteiger partial charge is 0.294 e. The van der Waals surface area contributed by atoms with Crippen molar-refractivity contribution in [2.75, 3.05) is 0 Å². The van der Waals surface area contributed by atoms with Gasteiger partial charge < -0.3 is 0 Å². The normalized spacial score (nSPS) is 12.0. The van der Waals surface area contributed by atoms with Crippen molar-refractivity contribution in [1.82, 2.24) is 19.1 Å². The van der Waals surface area contributed by atoms with E-state index < -0.39 is 0 Å². The van der Waals surface area contributed by atoms with Gasteiger partial charge in [-0.2, -0.15) is 0 Å². The molecular formula is C46H28N4. The van der Waals surface area contributed by atoms with Crippen LogP contribution in [0.2, 0.25) is 0 Å². The molecule has 6 aromatic carbocycles. The molecule has 0 fully saturated rings. The van der Waals surface area contributed by atoms with E-state index in [2.05, 4.69) is 155 Å². The minimum absolute atomic E-state index is 0.954. The zero-order valence-corrected chi connectivity index (χ0v) is 27.0. The molecule has 11 rings (SSSR count). The minimum atomic E-state index is 0.954. The van der Waals surface area contributed by atoms with Crippen LogP contribution in [-0.2, 0) is 0 Å². The van der Waals surface area contributed by atoms with Crippen molar-refractivity contribution in [1.29, 1.82) is 0 Å². The highest BCUT2D eigenvalue weighted by atomic mass is 15.1. The number of aromatic nitrogens is 4. The van der Waals surface area contributed by atoms with Crippen LogP contribution in [0.4, 0.5) is 0 Å². The highest BCUT2D eigenvalue weighted by Crippen LogP contribution is 2.49. The Morgan fingerprint density at radius 3 is 1.10 bits per heavy atom. The van der Waals surface area contributed by atoms with Gasteiger partial charge in [0.15, 0.2) is 0 Å². The number of fused-ring (bicyclic) bond motifs is 14. The van der Waals surface area contributed by atoms with Gasteiger partial charge in [-0.3, -0.25) is 9.13 Å². The lowest BCUT2D eigenvalue weighted by molar-refractivity contribution is 1.13. The maximum atomic E-state index is 4.91. The van der Waals surface area contributed by atoms with Crippen LogP contribution < -0.4 is 0 Å². The maximum Gasteiger partial charge on any atom is 0.145 e. The van der Waals surface area contributed by atoms with Crippen LogP contribution in [0.5, 0.6) is 0 Å². The van der Waals surface area contributed by atoms with Crippen LogP contribution in [0.3, 0.4) is 0 Å². The number of benzene rings is 6. The first kappa shape index (κ1) is 27.2. The third-order valence-electron chi connectivity index (χ3n) is 10.4. The summed E-state index contributed by atoms with van der Waals surface area (Å²) in [5.74, 6) is 0. The first-order valence-electron chi connectivity index (χ1n) is 17.0. The molecule has 0 unspecified atom stereocenters. The lowest BCUT2D eigenvalue weighted by Crippen LogP contribution is -2.02. The van der Waals surface area contributed by atoms with E-state index in [1.807, 2.05) is 24.5 Å². The Labute approximate surface area is 288 Å². The zero-order valence-electron chi connectivity index (χ0n) is 27.0. The summed E-state index contributed by atoms with van der Waals surface area (Å²) in [6.45, 7) is 0. The molecule has 4 heterocycles. The summed E-state index contributed by atoms with van der Waals surface area (Å²) in [5.41, 5.74) is 16.0. The molecule has 232 valence electrons. The standard InChI is InChI=1S/C46H28N4/c1-3-13-33-31(11-1)32-12-2-4-14-34(32)36-24-22-30(50-44-20-8-6-16-38(44)40-18-10-26-48-46(40)50)28-42(36)41-27-29(21-23-35(33)41)49-43-19-7-5-15-37(43)39-17-9-25-47-45(39)49/h1-28H. The highest BCUT2D eigenvalue weighted by Gasteiger charge is 2.24. The maximum absolute atomic E-state index is 4.91. The average Bonchev–Trinajstić information content (AvgIpc) is 3.70. The van der Waals surface area contributed by atoms with E-state index >= 15 is 0 Å². The molecule has 0 N–H and O–H groups in total. The molecule has 0 saturated carbocycles. The molecule has 4 heteroatoms. The first-order valence-corrected chi connectivity index (χ1v) is 17.0. The molecule has 4 aromatic heterocycles. The van der Waals surface area contributed by atoms with Crippen molar-refractivity contribution in [2.24, 2.45) is 0 Å². The van der Waals surface area contributed by atoms with Crippen molar-refractivity contribution in [3.63, 3.8) is 0 Å². The van der Waals surface area contributed by atoms with Crippen molar-refractivity contribution in [2.45, 2.75) is 0 Å². The fourth-order valence-electron chi connectivity index (χ4n) is 8.28. The third-order valence-corrected chi connectivity index (χ3v) is 10.4. The molecular weight excluding hydrogens is 609 g/mol. The van der Waals surface area contributed by atoms with Crippen LogP contribution >= 0.6 is 0 Å². The van der Waals surface area contributed by atoms with Crippen molar-refractivity contribution >= 4 is 43.9 Å². The summed E-state index contributed by atoms with van der Waals surface area (Å²) in [6, 6.07) is 57.1. The number of nitrogens with zero attached hydrogens (tertiary/aromatic N) is 4. The summed E-state index contributed by atoms with van der Waals surface area (Å²) in [6.07, 6.45) is 3.78. The van der Waals surface area contributed by atoms with E-state index in [4.69, 9.17) is 9.97 Å². The second-order valence-electron chi connectivity index (χ2n) is 13.0. The number of hydrogen-bond donors (Lipinski definition) is 0. The van der Waals surface area contributed by atoms with Crippen LogP contribution in [0.1, 0.15) is 0 Å². The predicted molar refractivity (Wildman–Crippen MR) is 206 cm³/mol. The van der Waals surface area contributed by atoms with Gasteiger partial charge in [0.25, 0.3) is 0 Å². The van der Waals surface area contributed by atoms with E-state index in [0.29, 0.717) is 0 Å². The molecule has 1 aliphatic carbocycles. The van der Waals surface area contributed by atoms with Crippen molar-refractivity contribution in [3.05, 3.63) is 170 Å². The minimum Gasteiger partial charge on any atom is -0.294 e. The molecule has 0 aliphatic heterocycles. The van der Waals surface area contributed by atoms with E-state index in [0.717, 1.165) is 44.5 Å². The van der Waals surface area contributed by atoms with Gasteiger partial charge in [0, 0.05) is 45.3 Å². The number of pyridine rings is 2. The van der Waals surface area contributed by atoms with Crippen LogP contribution in [0.25, 0.3) is 99.8 Å². The monoisotopic (exact) mass is 636 g/mol. The Morgan fingerprint density at radius 1 is 0.300 bits per heavy atom. The molecule has 4 nitrogen and oxygen atoms in total. The molecule has 0 amide bonds. The number of rotatable bonds is 2. The molecule has 0 atom stereocenters. The molecule has 0 spiro atoms. The van der Waals surface area contributed by atoms with Crippen molar-refractivity contribution in [3.8, 4) is 55.9 Å². The summed E-state index contributed by atoms with van der Waals surface area (Å²) >= 11 is 0. The van der Waals surface area contributed by atoms with Gasteiger partial charge in [-0.15, -0.1) is 0 Å².